The van der Waals surface area contributed by atoms with Crippen LogP contribution in [0.1, 0.15) is 32.5 Å². The van der Waals surface area contributed by atoms with E-state index in [0.717, 1.165) is 16.0 Å². The summed E-state index contributed by atoms with van der Waals surface area (Å²) >= 11 is 3.93. The van der Waals surface area contributed by atoms with Gasteiger partial charge in [-0.3, -0.25) is 9.59 Å². The lowest BCUT2D eigenvalue weighted by Gasteiger charge is -2.06. The number of thiophene rings is 1. The van der Waals surface area contributed by atoms with Crippen LogP contribution in [0.4, 0.5) is 10.8 Å². The summed E-state index contributed by atoms with van der Waals surface area (Å²) < 4.78 is 6.22. The first-order valence-electron chi connectivity index (χ1n) is 7.89. The third kappa shape index (κ3) is 4.54. The Morgan fingerprint density at radius 3 is 2.64 bits per heavy atom. The maximum atomic E-state index is 12.4. The standard InChI is InChI=1S/C15H16BrN5O6S/c1-4-27-15(24)10-7(2)11(13(23)17-3)28-14(10)18-9(22)6-20-5-8(16)12(19-20)21(25)26/h5H,4,6H2,1-3H3,(H,17,23)(H,18,22). The molecular formula is C15H16BrN5O6S. The smallest absolute Gasteiger partial charge is 0.404 e. The van der Waals surface area contributed by atoms with E-state index in [1.54, 1.807) is 13.8 Å². The molecule has 0 saturated carbocycles. The molecule has 13 heteroatoms. The number of esters is 1. The number of amides is 2. The zero-order valence-electron chi connectivity index (χ0n) is 15.1. The van der Waals surface area contributed by atoms with Crippen molar-refractivity contribution in [1.29, 1.82) is 0 Å². The lowest BCUT2D eigenvalue weighted by Crippen LogP contribution is -2.20. The number of carbonyl (C=O) groups is 3. The van der Waals surface area contributed by atoms with Gasteiger partial charge in [-0.25, -0.2) is 4.79 Å². The van der Waals surface area contributed by atoms with Crippen LogP contribution in [-0.4, -0.2) is 46.1 Å². The van der Waals surface area contributed by atoms with Crippen molar-refractivity contribution in [2.75, 3.05) is 19.0 Å². The average Bonchev–Trinajstić information content (AvgIpc) is 3.14. The van der Waals surface area contributed by atoms with Gasteiger partial charge in [-0.05, 0) is 40.3 Å². The van der Waals surface area contributed by atoms with Crippen molar-refractivity contribution >= 4 is 55.9 Å². The predicted octanol–water partition coefficient (Wildman–Crippen LogP) is 2.10. The molecule has 0 fully saturated rings. The molecule has 0 atom stereocenters. The SMILES string of the molecule is CCOC(=O)c1c(NC(=O)Cn2cc(Br)c([N+](=O)[O-])n2)sc(C(=O)NC)c1C. The number of rotatable bonds is 7. The summed E-state index contributed by atoms with van der Waals surface area (Å²) in [5.41, 5.74) is 0.474. The number of nitrogens with zero attached hydrogens (tertiary/aromatic N) is 3. The fourth-order valence-electron chi connectivity index (χ4n) is 2.29. The number of aromatic nitrogens is 2. The number of hydrogen-bond acceptors (Lipinski definition) is 8. The van der Waals surface area contributed by atoms with Crippen molar-refractivity contribution in [2.45, 2.75) is 20.4 Å². The minimum atomic E-state index is -0.685. The van der Waals surface area contributed by atoms with Crippen molar-refractivity contribution in [1.82, 2.24) is 15.1 Å². The highest BCUT2D eigenvalue weighted by Crippen LogP contribution is 2.34. The minimum Gasteiger partial charge on any atom is -0.462 e. The van der Waals surface area contributed by atoms with Gasteiger partial charge in [-0.2, -0.15) is 4.68 Å². The third-order valence-corrected chi connectivity index (χ3v) is 5.26. The molecule has 11 nitrogen and oxygen atoms in total. The number of ether oxygens (including phenoxy) is 1. The van der Waals surface area contributed by atoms with Crippen LogP contribution in [0, 0.1) is 17.0 Å². The molecule has 2 heterocycles. The van der Waals surface area contributed by atoms with E-state index in [1.165, 1.54) is 13.2 Å². The Labute approximate surface area is 171 Å². The second-order valence-corrected chi connectivity index (χ2v) is 7.24. The number of halogens is 1. The number of nitrogens with one attached hydrogen (secondary N) is 2. The van der Waals surface area contributed by atoms with Crippen LogP contribution in [-0.2, 0) is 16.1 Å². The highest BCUT2D eigenvalue weighted by atomic mass is 79.9. The van der Waals surface area contributed by atoms with Crippen molar-refractivity contribution in [3.63, 3.8) is 0 Å². The molecule has 2 aromatic rings. The lowest BCUT2D eigenvalue weighted by molar-refractivity contribution is -0.390. The highest BCUT2D eigenvalue weighted by Gasteiger charge is 2.27. The van der Waals surface area contributed by atoms with Crippen molar-refractivity contribution in [3.05, 3.63) is 36.8 Å². The number of nitro groups is 1. The summed E-state index contributed by atoms with van der Waals surface area (Å²) in [7, 11) is 1.45. The Morgan fingerprint density at radius 2 is 2.11 bits per heavy atom. The molecule has 2 N–H and O–H groups in total. The molecule has 0 saturated heterocycles. The Morgan fingerprint density at radius 1 is 1.43 bits per heavy atom. The van der Waals surface area contributed by atoms with Crippen LogP contribution in [0.15, 0.2) is 10.7 Å². The normalized spacial score (nSPS) is 10.4. The van der Waals surface area contributed by atoms with Crippen LogP contribution in [0.3, 0.4) is 0 Å². The molecule has 0 aliphatic rings. The fraction of sp³-hybridized carbons (Fsp3) is 0.333. The van der Waals surface area contributed by atoms with Crippen LogP contribution >= 0.6 is 27.3 Å². The summed E-state index contributed by atoms with van der Waals surface area (Å²) in [5, 5.41) is 19.7. The Bertz CT molecular complexity index is 953. The van der Waals surface area contributed by atoms with Gasteiger partial charge in [0.2, 0.25) is 5.91 Å². The second-order valence-electron chi connectivity index (χ2n) is 5.36. The zero-order valence-corrected chi connectivity index (χ0v) is 17.5. The van der Waals surface area contributed by atoms with Crippen LogP contribution in [0.2, 0.25) is 0 Å². The highest BCUT2D eigenvalue weighted by molar-refractivity contribution is 9.10. The van der Waals surface area contributed by atoms with Crippen molar-refractivity contribution in [2.24, 2.45) is 0 Å². The van der Waals surface area contributed by atoms with E-state index in [2.05, 4.69) is 31.7 Å². The summed E-state index contributed by atoms with van der Waals surface area (Å²) in [6, 6.07) is 0. The van der Waals surface area contributed by atoms with E-state index in [-0.39, 0.29) is 33.1 Å². The molecule has 0 aromatic carbocycles. The van der Waals surface area contributed by atoms with Crippen molar-refractivity contribution < 1.29 is 24.0 Å². The van der Waals surface area contributed by atoms with Gasteiger partial charge in [0.25, 0.3) is 5.91 Å². The first kappa shape index (κ1) is 21.5. The van der Waals surface area contributed by atoms with Gasteiger partial charge in [0.1, 0.15) is 16.0 Å². The Kier molecular flexibility index (Phi) is 6.85. The first-order valence-corrected chi connectivity index (χ1v) is 9.50. The van der Waals surface area contributed by atoms with Crippen LogP contribution in [0.5, 0.6) is 0 Å². The number of hydrogen-bond donors (Lipinski definition) is 2. The molecule has 28 heavy (non-hydrogen) atoms. The lowest BCUT2D eigenvalue weighted by atomic mass is 10.1. The maximum Gasteiger partial charge on any atom is 0.404 e. The van der Waals surface area contributed by atoms with E-state index < -0.39 is 28.5 Å². The summed E-state index contributed by atoms with van der Waals surface area (Å²) in [5.74, 6) is -2.08. The Balaban J connectivity index is 2.29. The summed E-state index contributed by atoms with van der Waals surface area (Å²) in [4.78, 5) is 47.1. The first-order chi connectivity index (χ1) is 13.2. The second kappa shape index (κ2) is 8.93. The quantitative estimate of drug-likeness (QED) is 0.355. The average molecular weight is 474 g/mol. The summed E-state index contributed by atoms with van der Waals surface area (Å²) in [6.45, 7) is 3.01. The van der Waals surface area contributed by atoms with E-state index in [4.69, 9.17) is 4.74 Å². The molecule has 2 aromatic heterocycles. The molecule has 0 unspecified atom stereocenters. The third-order valence-electron chi connectivity index (χ3n) is 3.49. The van der Waals surface area contributed by atoms with E-state index in [9.17, 15) is 24.5 Å². The molecule has 0 aliphatic carbocycles. The van der Waals surface area contributed by atoms with Gasteiger partial charge >= 0.3 is 11.8 Å². The van der Waals surface area contributed by atoms with Gasteiger partial charge in [0.05, 0.1) is 28.3 Å². The van der Waals surface area contributed by atoms with Crippen molar-refractivity contribution in [3.8, 4) is 0 Å². The molecule has 150 valence electrons. The van der Waals surface area contributed by atoms with Gasteiger partial charge in [-0.15, -0.1) is 11.3 Å². The number of anilines is 1. The molecule has 0 spiro atoms. The van der Waals surface area contributed by atoms with Gasteiger partial charge < -0.3 is 25.5 Å². The van der Waals surface area contributed by atoms with E-state index in [1.807, 2.05) is 0 Å². The molecular weight excluding hydrogens is 458 g/mol. The van der Waals surface area contributed by atoms with Crippen LogP contribution < -0.4 is 10.6 Å². The Hall–Kier alpha value is -2.80. The number of carbonyl (C=O) groups excluding carboxylic acids is 3. The van der Waals surface area contributed by atoms with Gasteiger partial charge in [-0.1, -0.05) is 0 Å². The minimum absolute atomic E-state index is 0.0893. The van der Waals surface area contributed by atoms with Crippen LogP contribution in [0.25, 0.3) is 0 Å². The molecule has 2 rings (SSSR count). The predicted molar refractivity (Wildman–Crippen MR) is 104 cm³/mol. The largest absolute Gasteiger partial charge is 0.462 e. The fourth-order valence-corrected chi connectivity index (χ4v) is 3.90. The zero-order chi connectivity index (χ0) is 21.0. The van der Waals surface area contributed by atoms with E-state index >= 15 is 0 Å². The molecule has 0 radical (unpaired) electrons. The molecule has 0 bridgehead atoms. The van der Waals surface area contributed by atoms with Gasteiger partial charge in [0, 0.05) is 7.05 Å². The molecule has 0 aliphatic heterocycles. The monoisotopic (exact) mass is 473 g/mol. The maximum absolute atomic E-state index is 12.4. The summed E-state index contributed by atoms with van der Waals surface area (Å²) in [6.07, 6.45) is 1.29. The van der Waals surface area contributed by atoms with Gasteiger partial charge in [0.15, 0.2) is 0 Å². The topological polar surface area (TPSA) is 145 Å². The van der Waals surface area contributed by atoms with E-state index in [0.29, 0.717) is 5.56 Å². The molecule has 2 amide bonds.